The molecule has 0 aliphatic heterocycles. The predicted octanol–water partition coefficient (Wildman–Crippen LogP) is 2.01. The molecule has 0 spiro atoms. The number of sulfonamides is 1. The summed E-state index contributed by atoms with van der Waals surface area (Å²) >= 11 is 0. The number of rotatable bonds is 7. The van der Waals surface area contributed by atoms with Crippen LogP contribution in [0.25, 0.3) is 0 Å². The molecule has 20 heavy (non-hydrogen) atoms. The molecule has 3 N–H and O–H groups in total. The maximum atomic E-state index is 13.5. The number of benzene rings is 1. The molecule has 0 unspecified atom stereocenters. The molecule has 0 saturated carbocycles. The Morgan fingerprint density at radius 1 is 1.25 bits per heavy atom. The molecule has 0 aliphatic carbocycles. The monoisotopic (exact) mass is 306 g/mol. The van der Waals surface area contributed by atoms with Gasteiger partial charge in [-0.15, -0.1) is 0 Å². The van der Waals surface area contributed by atoms with Gasteiger partial charge in [-0.05, 0) is 36.9 Å². The SMILES string of the molecule is CCC(CC)(CN)CNS(=O)(=O)c1ccc(F)cc1F. The highest BCUT2D eigenvalue weighted by atomic mass is 32.2. The Bertz CT molecular complexity index is 549. The summed E-state index contributed by atoms with van der Waals surface area (Å²) in [6, 6.07) is 2.37. The molecule has 0 atom stereocenters. The van der Waals surface area contributed by atoms with Crippen LogP contribution in [0.5, 0.6) is 0 Å². The van der Waals surface area contributed by atoms with Gasteiger partial charge in [-0.3, -0.25) is 0 Å². The summed E-state index contributed by atoms with van der Waals surface area (Å²) in [7, 11) is -4.02. The predicted molar refractivity (Wildman–Crippen MR) is 73.6 cm³/mol. The number of halogens is 2. The molecular formula is C13H20F2N2O2S. The minimum atomic E-state index is -4.02. The van der Waals surface area contributed by atoms with Crippen molar-refractivity contribution in [3.05, 3.63) is 29.8 Å². The normalized spacial score (nSPS) is 12.7. The number of nitrogens with one attached hydrogen (secondary N) is 1. The second kappa shape index (κ2) is 6.60. The number of hydrogen-bond acceptors (Lipinski definition) is 3. The van der Waals surface area contributed by atoms with E-state index < -0.39 is 26.6 Å². The van der Waals surface area contributed by atoms with Gasteiger partial charge in [0.25, 0.3) is 0 Å². The van der Waals surface area contributed by atoms with Crippen molar-refractivity contribution in [2.75, 3.05) is 13.1 Å². The van der Waals surface area contributed by atoms with E-state index in [2.05, 4.69) is 4.72 Å². The average molecular weight is 306 g/mol. The van der Waals surface area contributed by atoms with Crippen LogP contribution in [0.3, 0.4) is 0 Å². The molecule has 7 heteroatoms. The summed E-state index contributed by atoms with van der Waals surface area (Å²) in [5.74, 6) is -1.93. The summed E-state index contributed by atoms with van der Waals surface area (Å²) in [4.78, 5) is -0.558. The molecule has 0 amide bonds. The summed E-state index contributed by atoms with van der Waals surface area (Å²) in [5.41, 5.74) is 5.33. The summed E-state index contributed by atoms with van der Waals surface area (Å²) in [6.45, 7) is 4.29. The molecule has 0 aliphatic rings. The van der Waals surface area contributed by atoms with Crippen LogP contribution in [0.2, 0.25) is 0 Å². The van der Waals surface area contributed by atoms with E-state index in [0.717, 1.165) is 12.1 Å². The van der Waals surface area contributed by atoms with Gasteiger partial charge in [0.05, 0.1) is 0 Å². The van der Waals surface area contributed by atoms with Crippen LogP contribution in [0.4, 0.5) is 8.78 Å². The van der Waals surface area contributed by atoms with Crippen LogP contribution in [-0.4, -0.2) is 21.5 Å². The Balaban J connectivity index is 2.96. The molecule has 4 nitrogen and oxygen atoms in total. The fourth-order valence-electron chi connectivity index (χ4n) is 1.88. The van der Waals surface area contributed by atoms with Crippen molar-refractivity contribution in [3.8, 4) is 0 Å². The molecule has 114 valence electrons. The third kappa shape index (κ3) is 3.74. The molecule has 0 radical (unpaired) electrons. The molecule has 1 aromatic carbocycles. The maximum Gasteiger partial charge on any atom is 0.243 e. The highest BCUT2D eigenvalue weighted by Crippen LogP contribution is 2.25. The van der Waals surface area contributed by atoms with Gasteiger partial charge in [0.15, 0.2) is 0 Å². The van der Waals surface area contributed by atoms with E-state index in [4.69, 9.17) is 5.73 Å². The summed E-state index contributed by atoms with van der Waals surface area (Å²) < 4.78 is 52.8. The Labute approximate surface area is 118 Å². The van der Waals surface area contributed by atoms with Crippen molar-refractivity contribution in [2.45, 2.75) is 31.6 Å². The van der Waals surface area contributed by atoms with Crippen molar-refractivity contribution in [3.63, 3.8) is 0 Å². The maximum absolute atomic E-state index is 13.5. The third-order valence-electron chi connectivity index (χ3n) is 3.75. The zero-order chi connectivity index (χ0) is 15.4. The first-order chi connectivity index (χ1) is 9.30. The molecule has 0 aromatic heterocycles. The van der Waals surface area contributed by atoms with Gasteiger partial charge in [-0.25, -0.2) is 21.9 Å². The first-order valence-electron chi connectivity index (χ1n) is 6.45. The molecule has 0 saturated heterocycles. The van der Waals surface area contributed by atoms with Gasteiger partial charge >= 0.3 is 0 Å². The van der Waals surface area contributed by atoms with Crippen LogP contribution in [-0.2, 0) is 10.0 Å². The fourth-order valence-corrected chi connectivity index (χ4v) is 3.09. The Kier molecular flexibility index (Phi) is 5.61. The Morgan fingerprint density at radius 3 is 2.30 bits per heavy atom. The van der Waals surface area contributed by atoms with E-state index in [1.807, 2.05) is 13.8 Å². The van der Waals surface area contributed by atoms with Gasteiger partial charge < -0.3 is 5.73 Å². The minimum Gasteiger partial charge on any atom is -0.330 e. The lowest BCUT2D eigenvalue weighted by Crippen LogP contribution is -2.41. The van der Waals surface area contributed by atoms with Gasteiger partial charge in [-0.1, -0.05) is 13.8 Å². The average Bonchev–Trinajstić information content (AvgIpc) is 2.40. The third-order valence-corrected chi connectivity index (χ3v) is 5.19. The van der Waals surface area contributed by atoms with Crippen molar-refractivity contribution in [1.29, 1.82) is 0 Å². The van der Waals surface area contributed by atoms with Gasteiger partial charge in [0.2, 0.25) is 10.0 Å². The fraction of sp³-hybridized carbons (Fsp3) is 0.538. The molecule has 1 aromatic rings. The highest BCUT2D eigenvalue weighted by Gasteiger charge is 2.28. The molecule has 0 bridgehead atoms. The summed E-state index contributed by atoms with van der Waals surface area (Å²) in [5, 5.41) is 0. The van der Waals surface area contributed by atoms with E-state index in [-0.39, 0.29) is 12.0 Å². The quantitative estimate of drug-likeness (QED) is 0.809. The number of nitrogens with two attached hydrogens (primary N) is 1. The van der Waals surface area contributed by atoms with Crippen molar-refractivity contribution in [1.82, 2.24) is 4.72 Å². The lowest BCUT2D eigenvalue weighted by Gasteiger charge is -2.30. The van der Waals surface area contributed by atoms with Crippen molar-refractivity contribution >= 4 is 10.0 Å². The smallest absolute Gasteiger partial charge is 0.243 e. The topological polar surface area (TPSA) is 72.2 Å². The molecule has 0 heterocycles. The zero-order valence-electron chi connectivity index (χ0n) is 11.6. The van der Waals surface area contributed by atoms with Crippen molar-refractivity contribution < 1.29 is 17.2 Å². The largest absolute Gasteiger partial charge is 0.330 e. The second-order valence-corrected chi connectivity index (χ2v) is 6.55. The van der Waals surface area contributed by atoms with Gasteiger partial charge in [-0.2, -0.15) is 0 Å². The van der Waals surface area contributed by atoms with E-state index >= 15 is 0 Å². The van der Waals surface area contributed by atoms with Crippen molar-refractivity contribution in [2.24, 2.45) is 11.1 Å². The Morgan fingerprint density at radius 2 is 1.85 bits per heavy atom. The standard InChI is InChI=1S/C13H20F2N2O2S/c1-3-13(4-2,8-16)9-17-20(18,19)12-6-5-10(14)7-11(12)15/h5-7,17H,3-4,8-9,16H2,1-2H3. The first kappa shape index (κ1) is 17.0. The van der Waals surface area contributed by atoms with Crippen LogP contribution in [0.15, 0.2) is 23.1 Å². The first-order valence-corrected chi connectivity index (χ1v) is 7.93. The summed E-state index contributed by atoms with van der Waals surface area (Å²) in [6.07, 6.45) is 1.41. The lowest BCUT2D eigenvalue weighted by molar-refractivity contribution is 0.275. The van der Waals surface area contributed by atoms with Crippen LogP contribution in [0.1, 0.15) is 26.7 Å². The van der Waals surface area contributed by atoms with Crippen LogP contribution >= 0.6 is 0 Å². The van der Waals surface area contributed by atoms with Gasteiger partial charge in [0, 0.05) is 12.6 Å². The number of hydrogen-bond donors (Lipinski definition) is 2. The van der Waals surface area contributed by atoms with E-state index in [1.165, 1.54) is 0 Å². The minimum absolute atomic E-state index is 0.121. The Hall–Kier alpha value is -1.05. The van der Waals surface area contributed by atoms with E-state index in [0.29, 0.717) is 25.5 Å². The zero-order valence-corrected chi connectivity index (χ0v) is 12.4. The molecular weight excluding hydrogens is 286 g/mol. The molecule has 1 rings (SSSR count). The van der Waals surface area contributed by atoms with Crippen LogP contribution < -0.4 is 10.5 Å². The molecule has 0 fully saturated rings. The van der Waals surface area contributed by atoms with E-state index in [1.54, 1.807) is 0 Å². The van der Waals surface area contributed by atoms with E-state index in [9.17, 15) is 17.2 Å². The van der Waals surface area contributed by atoms with Crippen LogP contribution in [0, 0.1) is 17.0 Å². The van der Waals surface area contributed by atoms with Gasteiger partial charge in [0.1, 0.15) is 16.5 Å². The second-order valence-electron chi connectivity index (χ2n) is 4.81. The highest BCUT2D eigenvalue weighted by molar-refractivity contribution is 7.89. The lowest BCUT2D eigenvalue weighted by atomic mass is 9.83.